The van der Waals surface area contributed by atoms with Gasteiger partial charge in [-0.2, -0.15) is 4.98 Å². The minimum Gasteiger partial charge on any atom is -0.278 e. The maximum Gasteiger partial charge on any atom is 0.238 e. The van der Waals surface area contributed by atoms with E-state index in [2.05, 4.69) is 131 Å². The van der Waals surface area contributed by atoms with Gasteiger partial charge in [-0.05, 0) is 52.4 Å². The van der Waals surface area contributed by atoms with E-state index in [9.17, 15) is 0 Å². The molecule has 0 amide bonds. The van der Waals surface area contributed by atoms with Crippen molar-refractivity contribution in [1.29, 1.82) is 0 Å². The third kappa shape index (κ3) is 3.60. The van der Waals surface area contributed by atoms with Crippen molar-refractivity contribution in [3.63, 3.8) is 0 Å². The van der Waals surface area contributed by atoms with Gasteiger partial charge in [0.1, 0.15) is 6.33 Å². The van der Waals surface area contributed by atoms with Crippen LogP contribution in [0.1, 0.15) is 29.2 Å². The summed E-state index contributed by atoms with van der Waals surface area (Å²) in [5.41, 5.74) is 8.92. The van der Waals surface area contributed by atoms with Gasteiger partial charge in [0.2, 0.25) is 5.95 Å². The van der Waals surface area contributed by atoms with Crippen LogP contribution in [0.2, 0.25) is 0 Å². The van der Waals surface area contributed by atoms with Gasteiger partial charge < -0.3 is 0 Å². The molecule has 0 bridgehead atoms. The molecule has 0 saturated heterocycles. The topological polar surface area (TPSA) is 43.6 Å². The molecule has 7 aromatic rings. The average molecular weight is 553 g/mol. The fourth-order valence-electron chi connectivity index (χ4n) is 6.97. The third-order valence-electron chi connectivity index (χ3n) is 8.77. The van der Waals surface area contributed by atoms with Crippen LogP contribution in [-0.4, -0.2) is 19.5 Å². The Bertz CT molecular complexity index is 2210. The average Bonchev–Trinajstić information content (AvgIpc) is 3.52. The lowest BCUT2D eigenvalue weighted by Gasteiger charge is -2.33. The van der Waals surface area contributed by atoms with E-state index in [1.165, 1.54) is 33.4 Å². The first-order chi connectivity index (χ1) is 21.2. The minimum absolute atomic E-state index is 0.497. The van der Waals surface area contributed by atoms with E-state index < -0.39 is 5.41 Å². The van der Waals surface area contributed by atoms with Gasteiger partial charge in [0.25, 0.3) is 0 Å². The summed E-state index contributed by atoms with van der Waals surface area (Å²) in [5, 5.41) is 3.05. The highest BCUT2D eigenvalue weighted by Gasteiger charge is 2.46. The fraction of sp³-hybridized carbons (Fsp3) is 0.0513. The number of benzene rings is 5. The summed E-state index contributed by atoms with van der Waals surface area (Å²) in [4.78, 5) is 14.1. The number of nitrogens with zero attached hydrogens (tertiary/aromatic N) is 4. The van der Waals surface area contributed by atoms with Crippen molar-refractivity contribution in [2.24, 2.45) is 0 Å². The number of hydrogen-bond donors (Lipinski definition) is 0. The van der Waals surface area contributed by atoms with Crippen LogP contribution in [0.5, 0.6) is 0 Å². The molecule has 0 N–H and O–H groups in total. The predicted molar refractivity (Wildman–Crippen MR) is 174 cm³/mol. The van der Waals surface area contributed by atoms with E-state index in [0.29, 0.717) is 11.8 Å². The molecule has 0 unspecified atom stereocenters. The number of hydrogen-bond acceptors (Lipinski definition) is 3. The summed E-state index contributed by atoms with van der Waals surface area (Å²) in [6, 6.07) is 45.2. The first-order valence-electron chi connectivity index (χ1n) is 14.5. The normalized spacial score (nSPS) is 13.7. The van der Waals surface area contributed by atoms with Crippen LogP contribution in [0, 0.1) is 0 Å². The van der Waals surface area contributed by atoms with E-state index in [0.717, 1.165) is 27.0 Å². The third-order valence-corrected chi connectivity index (χ3v) is 8.77. The molecule has 1 aliphatic rings. The summed E-state index contributed by atoms with van der Waals surface area (Å²) < 4.78 is 2.09. The second kappa shape index (κ2) is 9.74. The first kappa shape index (κ1) is 25.1. The summed E-state index contributed by atoms with van der Waals surface area (Å²) >= 11 is 0. The highest BCUT2D eigenvalue weighted by molar-refractivity contribution is 5.96. The number of fused-ring (bicyclic) bond motifs is 4. The van der Waals surface area contributed by atoms with E-state index in [1.54, 1.807) is 6.33 Å². The molecule has 4 heteroatoms. The Morgan fingerprint density at radius 2 is 1.30 bits per heavy atom. The number of aromatic nitrogens is 4. The molecule has 0 fully saturated rings. The van der Waals surface area contributed by atoms with Crippen LogP contribution in [0.25, 0.3) is 52.0 Å². The standard InChI is InChI=1S/C39H28N4/c1-3-30-26(2)43(38-41-25-40-37(42-38)27-15-7-4-8-16-27)36-24-35-32(23-33(30)36)31-21-13-14-22-34(31)39(35,28-17-9-5-10-18-28)29-19-11-6-12-20-29/h3-25H,2H2,1H3. The molecule has 0 saturated carbocycles. The van der Waals surface area contributed by atoms with Gasteiger partial charge in [0.05, 0.1) is 10.9 Å². The quantitative estimate of drug-likeness (QED) is 0.235. The minimum atomic E-state index is -0.497. The Balaban J connectivity index is 1.49. The van der Waals surface area contributed by atoms with Crippen LogP contribution < -0.4 is 10.6 Å². The molecule has 204 valence electrons. The van der Waals surface area contributed by atoms with Gasteiger partial charge in [-0.1, -0.05) is 128 Å². The van der Waals surface area contributed by atoms with Crippen LogP contribution in [0.15, 0.2) is 134 Å². The molecule has 0 atom stereocenters. The van der Waals surface area contributed by atoms with Crippen molar-refractivity contribution < 1.29 is 0 Å². The zero-order valence-electron chi connectivity index (χ0n) is 23.8. The first-order valence-corrected chi connectivity index (χ1v) is 14.5. The fourth-order valence-corrected chi connectivity index (χ4v) is 6.97. The maximum absolute atomic E-state index is 4.94. The van der Waals surface area contributed by atoms with Crippen LogP contribution in [0.4, 0.5) is 0 Å². The Morgan fingerprint density at radius 1 is 0.674 bits per heavy atom. The maximum atomic E-state index is 4.94. The molecule has 2 aromatic heterocycles. The molecule has 1 aliphatic carbocycles. The van der Waals surface area contributed by atoms with Crippen molar-refractivity contribution in [3.8, 4) is 28.5 Å². The van der Waals surface area contributed by atoms with E-state index in [-0.39, 0.29) is 0 Å². The van der Waals surface area contributed by atoms with Crippen LogP contribution in [0.3, 0.4) is 0 Å². The Morgan fingerprint density at radius 3 is 1.98 bits per heavy atom. The molecular formula is C39H28N4. The monoisotopic (exact) mass is 552 g/mol. The Labute approximate surface area is 250 Å². The van der Waals surface area contributed by atoms with Gasteiger partial charge >= 0.3 is 0 Å². The smallest absolute Gasteiger partial charge is 0.238 e. The summed E-state index contributed by atoms with van der Waals surface area (Å²) in [6.07, 6.45) is 3.72. The lowest BCUT2D eigenvalue weighted by Crippen LogP contribution is -2.28. The molecule has 43 heavy (non-hydrogen) atoms. The zero-order chi connectivity index (χ0) is 29.0. The Hall–Kier alpha value is -5.61. The molecule has 2 heterocycles. The molecular weight excluding hydrogens is 524 g/mol. The predicted octanol–water partition coefficient (Wildman–Crippen LogP) is 7.06. The van der Waals surface area contributed by atoms with Gasteiger partial charge in [-0.25, -0.2) is 9.97 Å². The summed E-state index contributed by atoms with van der Waals surface area (Å²) in [5.74, 6) is 1.18. The molecule has 0 aliphatic heterocycles. The lowest BCUT2D eigenvalue weighted by atomic mass is 9.67. The number of rotatable bonds is 4. The van der Waals surface area contributed by atoms with Crippen molar-refractivity contribution in [3.05, 3.63) is 167 Å². The van der Waals surface area contributed by atoms with Crippen molar-refractivity contribution in [2.45, 2.75) is 12.3 Å². The van der Waals surface area contributed by atoms with Crippen molar-refractivity contribution in [1.82, 2.24) is 19.5 Å². The second-order valence-electron chi connectivity index (χ2n) is 10.9. The van der Waals surface area contributed by atoms with Gasteiger partial charge in [-0.15, -0.1) is 0 Å². The molecule has 8 rings (SSSR count). The zero-order valence-corrected chi connectivity index (χ0v) is 23.8. The van der Waals surface area contributed by atoms with E-state index >= 15 is 0 Å². The molecule has 0 radical (unpaired) electrons. The van der Waals surface area contributed by atoms with Gasteiger partial charge in [0, 0.05) is 21.5 Å². The lowest BCUT2D eigenvalue weighted by molar-refractivity contribution is 0.768. The summed E-state index contributed by atoms with van der Waals surface area (Å²) in [6.45, 7) is 6.60. The SMILES string of the molecule is C=c1c(=CC)c2cc3c(cc2n1-c1ncnc(-c2ccccc2)n1)C(c1ccccc1)(c1ccccc1)c1ccccc1-3. The molecule has 0 spiro atoms. The molecule has 5 aromatic carbocycles. The van der Waals surface area contributed by atoms with Crippen LogP contribution >= 0.6 is 0 Å². The summed E-state index contributed by atoms with van der Waals surface area (Å²) in [7, 11) is 0. The highest BCUT2D eigenvalue weighted by atomic mass is 15.2. The van der Waals surface area contributed by atoms with Crippen LogP contribution in [-0.2, 0) is 5.41 Å². The van der Waals surface area contributed by atoms with Crippen molar-refractivity contribution in [2.75, 3.05) is 0 Å². The Kier molecular flexibility index (Phi) is 5.69. The molecule has 4 nitrogen and oxygen atoms in total. The van der Waals surface area contributed by atoms with E-state index in [1.807, 2.05) is 30.3 Å². The van der Waals surface area contributed by atoms with E-state index in [4.69, 9.17) is 4.98 Å². The van der Waals surface area contributed by atoms with Gasteiger partial charge in [0.15, 0.2) is 5.82 Å². The largest absolute Gasteiger partial charge is 0.278 e. The van der Waals surface area contributed by atoms with Gasteiger partial charge in [-0.3, -0.25) is 4.57 Å². The van der Waals surface area contributed by atoms with Crippen molar-refractivity contribution >= 4 is 23.6 Å². The second-order valence-corrected chi connectivity index (χ2v) is 10.9. The highest BCUT2D eigenvalue weighted by Crippen LogP contribution is 2.56.